The summed E-state index contributed by atoms with van der Waals surface area (Å²) < 4.78 is 13.0. The Morgan fingerprint density at radius 3 is 2.95 bits per heavy atom. The van der Waals surface area contributed by atoms with Crippen molar-refractivity contribution in [3.8, 4) is 5.75 Å². The van der Waals surface area contributed by atoms with E-state index in [2.05, 4.69) is 47.2 Å². The van der Waals surface area contributed by atoms with E-state index in [9.17, 15) is 0 Å². The molecular weight excluding hydrogens is 318 g/mol. The Balaban J connectivity index is 1.99. The summed E-state index contributed by atoms with van der Waals surface area (Å²) in [6, 6.07) is 4.57. The summed E-state index contributed by atoms with van der Waals surface area (Å²) in [5.74, 6) is 1.65. The van der Waals surface area contributed by atoms with E-state index in [-0.39, 0.29) is 12.1 Å². The van der Waals surface area contributed by atoms with Gasteiger partial charge in [0.2, 0.25) is 0 Å². The van der Waals surface area contributed by atoms with Crippen molar-refractivity contribution in [2.75, 3.05) is 19.8 Å². The van der Waals surface area contributed by atoms with Crippen LogP contribution in [0.1, 0.15) is 37.4 Å². The molecule has 1 aromatic rings. The molecular formula is C16H22BrNO2. The summed E-state index contributed by atoms with van der Waals surface area (Å²) in [6.45, 7) is 7.01. The van der Waals surface area contributed by atoms with Crippen LogP contribution < -0.4 is 10.1 Å². The van der Waals surface area contributed by atoms with E-state index in [0.717, 1.165) is 42.8 Å². The van der Waals surface area contributed by atoms with Gasteiger partial charge in [0.05, 0.1) is 18.8 Å². The van der Waals surface area contributed by atoms with E-state index < -0.39 is 0 Å². The molecule has 0 bridgehead atoms. The summed E-state index contributed by atoms with van der Waals surface area (Å²) >= 11 is 3.63. The van der Waals surface area contributed by atoms with Crippen molar-refractivity contribution in [2.24, 2.45) is 5.92 Å². The molecule has 1 N–H and O–H groups in total. The van der Waals surface area contributed by atoms with Crippen LogP contribution in [-0.4, -0.2) is 25.9 Å². The van der Waals surface area contributed by atoms with Gasteiger partial charge >= 0.3 is 0 Å². The molecule has 2 aliphatic rings. The first-order chi connectivity index (χ1) is 9.70. The molecule has 1 saturated heterocycles. The summed E-state index contributed by atoms with van der Waals surface area (Å²) in [5.41, 5.74) is 2.55. The van der Waals surface area contributed by atoms with Crippen LogP contribution in [0, 0.1) is 5.92 Å². The zero-order valence-corrected chi connectivity index (χ0v) is 13.7. The molecule has 0 amide bonds. The lowest BCUT2D eigenvalue weighted by molar-refractivity contribution is 0.0604. The van der Waals surface area contributed by atoms with E-state index in [0.29, 0.717) is 5.92 Å². The number of hydrogen-bond acceptors (Lipinski definition) is 3. The molecule has 0 saturated carbocycles. The van der Waals surface area contributed by atoms with Crippen molar-refractivity contribution in [1.82, 2.24) is 5.32 Å². The van der Waals surface area contributed by atoms with Crippen molar-refractivity contribution in [1.29, 1.82) is 0 Å². The monoisotopic (exact) mass is 339 g/mol. The highest BCUT2D eigenvalue weighted by atomic mass is 79.9. The predicted octanol–water partition coefficient (Wildman–Crippen LogP) is 3.46. The van der Waals surface area contributed by atoms with Gasteiger partial charge in [0, 0.05) is 23.1 Å². The molecule has 0 spiro atoms. The van der Waals surface area contributed by atoms with Crippen molar-refractivity contribution in [2.45, 2.75) is 38.8 Å². The summed E-state index contributed by atoms with van der Waals surface area (Å²) in [4.78, 5) is 0. The Hall–Kier alpha value is -0.580. The van der Waals surface area contributed by atoms with Gasteiger partial charge in [-0.05, 0) is 36.6 Å². The van der Waals surface area contributed by atoms with Crippen molar-refractivity contribution in [3.05, 3.63) is 27.7 Å². The van der Waals surface area contributed by atoms with Gasteiger partial charge in [-0.1, -0.05) is 29.8 Å². The summed E-state index contributed by atoms with van der Waals surface area (Å²) in [7, 11) is 0. The number of rotatable bonds is 4. The Morgan fingerprint density at radius 1 is 1.40 bits per heavy atom. The Bertz CT molecular complexity index is 492. The fourth-order valence-electron chi connectivity index (χ4n) is 3.30. The van der Waals surface area contributed by atoms with Gasteiger partial charge in [-0.2, -0.15) is 0 Å². The van der Waals surface area contributed by atoms with Crippen LogP contribution in [0.2, 0.25) is 0 Å². The van der Waals surface area contributed by atoms with E-state index >= 15 is 0 Å². The van der Waals surface area contributed by atoms with Crippen molar-refractivity contribution < 1.29 is 9.47 Å². The maximum Gasteiger partial charge on any atom is 0.127 e. The quantitative estimate of drug-likeness (QED) is 0.911. The first-order valence-corrected chi connectivity index (χ1v) is 8.30. The summed E-state index contributed by atoms with van der Waals surface area (Å²) in [5, 5.41) is 3.60. The standard InChI is InChI=1S/C16H22BrNO2/c1-3-18-14(15-10(2)4-6-19-15)13-9-12(17)8-11-5-7-20-16(11)13/h8-10,14-15,18H,3-7H2,1-2H3. The van der Waals surface area contributed by atoms with Gasteiger partial charge in [0.1, 0.15) is 5.75 Å². The van der Waals surface area contributed by atoms with Gasteiger partial charge in [-0.25, -0.2) is 0 Å². The predicted molar refractivity (Wildman–Crippen MR) is 83.3 cm³/mol. The van der Waals surface area contributed by atoms with E-state index in [4.69, 9.17) is 9.47 Å². The minimum atomic E-state index is 0.210. The first kappa shape index (κ1) is 14.4. The number of benzene rings is 1. The lowest BCUT2D eigenvalue weighted by atomic mass is 9.91. The highest BCUT2D eigenvalue weighted by Crippen LogP contribution is 2.40. The second-order valence-corrected chi connectivity index (χ2v) is 6.63. The van der Waals surface area contributed by atoms with Crippen LogP contribution in [0.5, 0.6) is 5.75 Å². The Morgan fingerprint density at radius 2 is 2.25 bits per heavy atom. The second kappa shape index (κ2) is 6.04. The maximum absolute atomic E-state index is 6.00. The van der Waals surface area contributed by atoms with Crippen LogP contribution in [0.3, 0.4) is 0 Å². The second-order valence-electron chi connectivity index (χ2n) is 5.72. The van der Waals surface area contributed by atoms with Crippen LogP contribution in [0.4, 0.5) is 0 Å². The highest BCUT2D eigenvalue weighted by Gasteiger charge is 2.35. The lowest BCUT2D eigenvalue weighted by Crippen LogP contribution is -2.35. The smallest absolute Gasteiger partial charge is 0.127 e. The van der Waals surface area contributed by atoms with Gasteiger partial charge in [0.25, 0.3) is 0 Å². The largest absolute Gasteiger partial charge is 0.493 e. The summed E-state index contributed by atoms with van der Waals surface area (Å²) in [6.07, 6.45) is 2.38. The topological polar surface area (TPSA) is 30.5 Å². The molecule has 3 unspecified atom stereocenters. The van der Waals surface area contributed by atoms with Gasteiger partial charge < -0.3 is 14.8 Å². The zero-order chi connectivity index (χ0) is 14.1. The minimum absolute atomic E-state index is 0.210. The molecule has 3 nitrogen and oxygen atoms in total. The zero-order valence-electron chi connectivity index (χ0n) is 12.1. The molecule has 4 heteroatoms. The van der Waals surface area contributed by atoms with E-state index in [1.165, 1.54) is 11.1 Å². The average Bonchev–Trinajstić information content (AvgIpc) is 3.04. The van der Waals surface area contributed by atoms with E-state index in [1.807, 2.05) is 0 Å². The van der Waals surface area contributed by atoms with Crippen LogP contribution in [0.25, 0.3) is 0 Å². The molecule has 2 aliphatic heterocycles. The van der Waals surface area contributed by atoms with Crippen LogP contribution in [0.15, 0.2) is 16.6 Å². The van der Waals surface area contributed by atoms with Crippen LogP contribution >= 0.6 is 15.9 Å². The molecule has 2 heterocycles. The normalized spacial score (nSPS) is 26.4. The molecule has 3 atom stereocenters. The molecule has 1 fully saturated rings. The van der Waals surface area contributed by atoms with Gasteiger partial charge in [-0.3, -0.25) is 0 Å². The number of hydrogen-bond donors (Lipinski definition) is 1. The van der Waals surface area contributed by atoms with Gasteiger partial charge in [0.15, 0.2) is 0 Å². The third-order valence-corrected chi connectivity index (χ3v) is 4.77. The maximum atomic E-state index is 6.00. The van der Waals surface area contributed by atoms with Gasteiger partial charge in [-0.15, -0.1) is 0 Å². The van der Waals surface area contributed by atoms with E-state index in [1.54, 1.807) is 0 Å². The van der Waals surface area contributed by atoms with Crippen molar-refractivity contribution >= 4 is 15.9 Å². The molecule has 20 heavy (non-hydrogen) atoms. The fraction of sp³-hybridized carbons (Fsp3) is 0.625. The van der Waals surface area contributed by atoms with Crippen molar-refractivity contribution in [3.63, 3.8) is 0 Å². The minimum Gasteiger partial charge on any atom is -0.493 e. The molecule has 0 radical (unpaired) electrons. The molecule has 1 aromatic carbocycles. The number of nitrogens with one attached hydrogen (secondary N) is 1. The molecule has 0 aromatic heterocycles. The SMILES string of the molecule is CCNC(c1cc(Br)cc2c1OCC2)C1OCCC1C. The fourth-order valence-corrected chi connectivity index (χ4v) is 3.82. The Kier molecular flexibility index (Phi) is 4.34. The third kappa shape index (κ3) is 2.61. The number of halogens is 1. The Labute approximate surface area is 129 Å². The van der Waals surface area contributed by atoms with Crippen LogP contribution in [-0.2, 0) is 11.2 Å². The highest BCUT2D eigenvalue weighted by molar-refractivity contribution is 9.10. The lowest BCUT2D eigenvalue weighted by Gasteiger charge is -2.28. The third-order valence-electron chi connectivity index (χ3n) is 4.31. The number of ether oxygens (including phenoxy) is 2. The number of likely N-dealkylation sites (N-methyl/N-ethyl adjacent to an activating group) is 1. The molecule has 110 valence electrons. The number of fused-ring (bicyclic) bond motifs is 1. The molecule has 3 rings (SSSR count). The first-order valence-electron chi connectivity index (χ1n) is 7.50. The molecule has 0 aliphatic carbocycles. The average molecular weight is 340 g/mol.